The molecule has 2 aromatic rings. The minimum Gasteiger partial charge on any atom is -0.503 e. The fourth-order valence-electron chi connectivity index (χ4n) is 3.82. The summed E-state index contributed by atoms with van der Waals surface area (Å²) >= 11 is 0. The molecule has 162 valence electrons. The summed E-state index contributed by atoms with van der Waals surface area (Å²) in [7, 11) is 1.55. The molecule has 1 amide bonds. The molecule has 0 bridgehead atoms. The summed E-state index contributed by atoms with van der Waals surface area (Å²) in [5.41, 5.74) is 0.425. The highest BCUT2D eigenvalue weighted by molar-refractivity contribution is 6.17. The van der Waals surface area contributed by atoms with Crippen LogP contribution in [0.25, 0.3) is 0 Å². The van der Waals surface area contributed by atoms with Crippen molar-refractivity contribution in [1.82, 2.24) is 0 Å². The van der Waals surface area contributed by atoms with E-state index in [0.29, 0.717) is 41.7 Å². The van der Waals surface area contributed by atoms with Gasteiger partial charge in [-0.1, -0.05) is 32.9 Å². The van der Waals surface area contributed by atoms with E-state index in [4.69, 9.17) is 14.2 Å². The standard InChI is InChI=1S/C24H25NO6/c1-24(2,3)22(27)19-20(14-6-5-7-16(12-14)29-4)25(23(28)21(19)26)15-8-9-17-18(13-15)31-11-10-30-17/h5-9,12-13,20,26H,10-11H2,1-4H3. The molecule has 4 rings (SSSR count). The van der Waals surface area contributed by atoms with Crippen molar-refractivity contribution in [2.24, 2.45) is 5.41 Å². The minimum atomic E-state index is -0.808. The molecule has 0 saturated heterocycles. The number of amides is 1. The first kappa shape index (κ1) is 20.8. The Kier molecular flexibility index (Phi) is 5.13. The van der Waals surface area contributed by atoms with Gasteiger partial charge in [-0.3, -0.25) is 14.5 Å². The maximum atomic E-state index is 13.3. The predicted molar refractivity (Wildman–Crippen MR) is 115 cm³/mol. The van der Waals surface area contributed by atoms with Gasteiger partial charge in [0, 0.05) is 17.2 Å². The molecular weight excluding hydrogens is 398 g/mol. The number of anilines is 1. The van der Waals surface area contributed by atoms with E-state index in [1.54, 1.807) is 70.3 Å². The highest BCUT2D eigenvalue weighted by Crippen LogP contribution is 2.45. The second kappa shape index (κ2) is 7.65. The minimum absolute atomic E-state index is 0.0700. The van der Waals surface area contributed by atoms with Crippen LogP contribution < -0.4 is 19.1 Å². The van der Waals surface area contributed by atoms with E-state index in [0.717, 1.165) is 0 Å². The Morgan fingerprint density at radius 3 is 2.48 bits per heavy atom. The van der Waals surface area contributed by atoms with Crippen molar-refractivity contribution in [3.05, 3.63) is 59.4 Å². The van der Waals surface area contributed by atoms with Crippen molar-refractivity contribution >= 4 is 17.4 Å². The summed E-state index contributed by atoms with van der Waals surface area (Å²) in [6, 6.07) is 11.5. The van der Waals surface area contributed by atoms with Crippen LogP contribution in [-0.2, 0) is 9.59 Å². The first-order valence-corrected chi connectivity index (χ1v) is 10.1. The highest BCUT2D eigenvalue weighted by atomic mass is 16.6. The van der Waals surface area contributed by atoms with Crippen LogP contribution in [0.4, 0.5) is 5.69 Å². The Labute approximate surface area is 180 Å². The molecule has 2 aromatic carbocycles. The van der Waals surface area contributed by atoms with Gasteiger partial charge in [0.2, 0.25) is 0 Å². The van der Waals surface area contributed by atoms with E-state index < -0.39 is 23.1 Å². The van der Waals surface area contributed by atoms with Crippen LogP contribution in [0.5, 0.6) is 17.2 Å². The smallest absolute Gasteiger partial charge is 0.294 e. The second-order valence-electron chi connectivity index (χ2n) is 8.52. The van der Waals surface area contributed by atoms with Gasteiger partial charge in [0.05, 0.1) is 18.7 Å². The Balaban J connectivity index is 1.88. The quantitative estimate of drug-likeness (QED) is 0.801. The molecule has 2 aliphatic rings. The lowest BCUT2D eigenvalue weighted by atomic mass is 9.82. The number of rotatable bonds is 4. The van der Waals surface area contributed by atoms with Gasteiger partial charge in [0.15, 0.2) is 23.0 Å². The molecular formula is C24H25NO6. The number of methoxy groups -OCH3 is 1. The summed E-state index contributed by atoms with van der Waals surface area (Å²) in [6.07, 6.45) is 0. The normalized spacial score (nSPS) is 18.4. The van der Waals surface area contributed by atoms with Crippen LogP contribution in [-0.4, -0.2) is 37.1 Å². The molecule has 7 heteroatoms. The van der Waals surface area contributed by atoms with Gasteiger partial charge in [-0.2, -0.15) is 0 Å². The maximum absolute atomic E-state index is 13.3. The fourth-order valence-corrected chi connectivity index (χ4v) is 3.82. The van der Waals surface area contributed by atoms with Crippen LogP contribution in [0.1, 0.15) is 32.4 Å². The average molecular weight is 423 g/mol. The molecule has 0 spiro atoms. The number of benzene rings is 2. The van der Waals surface area contributed by atoms with E-state index >= 15 is 0 Å². The lowest BCUT2D eigenvalue weighted by molar-refractivity contribution is -0.123. The SMILES string of the molecule is COc1cccc(C2C(C(=O)C(C)(C)C)=C(O)C(=O)N2c2ccc3c(c2)OCCO3)c1. The zero-order valence-corrected chi connectivity index (χ0v) is 18.0. The van der Waals surface area contributed by atoms with Gasteiger partial charge in [-0.15, -0.1) is 0 Å². The number of nitrogens with zero attached hydrogens (tertiary/aromatic N) is 1. The van der Waals surface area contributed by atoms with E-state index in [1.807, 2.05) is 0 Å². The van der Waals surface area contributed by atoms with Gasteiger partial charge in [0.25, 0.3) is 5.91 Å². The number of carbonyl (C=O) groups is 2. The zero-order valence-electron chi connectivity index (χ0n) is 18.0. The van der Waals surface area contributed by atoms with E-state index in [9.17, 15) is 14.7 Å². The molecule has 0 fully saturated rings. The molecule has 2 heterocycles. The van der Waals surface area contributed by atoms with Crippen molar-refractivity contribution in [2.45, 2.75) is 26.8 Å². The predicted octanol–water partition coefficient (Wildman–Crippen LogP) is 3.98. The lowest BCUT2D eigenvalue weighted by Crippen LogP contribution is -2.33. The number of aliphatic hydroxyl groups excluding tert-OH is 1. The molecule has 1 N–H and O–H groups in total. The summed E-state index contributed by atoms with van der Waals surface area (Å²) in [4.78, 5) is 27.9. The highest BCUT2D eigenvalue weighted by Gasteiger charge is 2.47. The number of aliphatic hydroxyl groups is 1. The average Bonchev–Trinajstić information content (AvgIpc) is 3.02. The monoisotopic (exact) mass is 423 g/mol. The molecule has 1 atom stereocenters. The number of ether oxygens (including phenoxy) is 3. The van der Waals surface area contributed by atoms with Crippen molar-refractivity contribution in [1.29, 1.82) is 0 Å². The molecule has 0 aromatic heterocycles. The number of ketones is 1. The first-order valence-electron chi connectivity index (χ1n) is 10.1. The van der Waals surface area contributed by atoms with Crippen LogP contribution >= 0.6 is 0 Å². The van der Waals surface area contributed by atoms with Gasteiger partial charge in [-0.05, 0) is 29.8 Å². The third-order valence-electron chi connectivity index (χ3n) is 5.35. The Morgan fingerprint density at radius 2 is 1.81 bits per heavy atom. The van der Waals surface area contributed by atoms with Crippen LogP contribution in [0.15, 0.2) is 53.8 Å². The first-order chi connectivity index (χ1) is 14.7. The molecule has 0 radical (unpaired) electrons. The molecule has 2 aliphatic heterocycles. The molecule has 0 saturated carbocycles. The Bertz CT molecular complexity index is 1080. The van der Waals surface area contributed by atoms with Crippen LogP contribution in [0.3, 0.4) is 0 Å². The van der Waals surface area contributed by atoms with E-state index in [-0.39, 0.29) is 11.4 Å². The summed E-state index contributed by atoms with van der Waals surface area (Å²) in [5, 5.41) is 10.8. The number of hydrogen-bond donors (Lipinski definition) is 1. The van der Waals surface area contributed by atoms with Crippen LogP contribution in [0.2, 0.25) is 0 Å². The molecule has 1 unspecified atom stereocenters. The zero-order chi connectivity index (χ0) is 22.3. The van der Waals surface area contributed by atoms with E-state index in [2.05, 4.69) is 0 Å². The number of carbonyl (C=O) groups excluding carboxylic acids is 2. The topological polar surface area (TPSA) is 85.3 Å². The Hall–Kier alpha value is -3.48. The van der Waals surface area contributed by atoms with Gasteiger partial charge < -0.3 is 19.3 Å². The number of fused-ring (bicyclic) bond motifs is 1. The number of Topliss-reactive ketones (excluding diaryl/α,β-unsaturated/α-hetero) is 1. The third-order valence-corrected chi connectivity index (χ3v) is 5.35. The summed E-state index contributed by atoms with van der Waals surface area (Å²) in [5.74, 6) is 0.200. The van der Waals surface area contributed by atoms with E-state index in [1.165, 1.54) is 4.90 Å². The molecule has 0 aliphatic carbocycles. The molecule has 7 nitrogen and oxygen atoms in total. The molecule has 31 heavy (non-hydrogen) atoms. The lowest BCUT2D eigenvalue weighted by Gasteiger charge is -2.30. The van der Waals surface area contributed by atoms with Crippen LogP contribution in [0, 0.1) is 5.41 Å². The fraction of sp³-hybridized carbons (Fsp3) is 0.333. The third kappa shape index (κ3) is 3.60. The van der Waals surface area contributed by atoms with Crippen molar-refractivity contribution in [3.8, 4) is 17.2 Å². The van der Waals surface area contributed by atoms with Gasteiger partial charge >= 0.3 is 0 Å². The second-order valence-corrected chi connectivity index (χ2v) is 8.52. The largest absolute Gasteiger partial charge is 0.503 e. The Morgan fingerprint density at radius 1 is 1.10 bits per heavy atom. The maximum Gasteiger partial charge on any atom is 0.294 e. The van der Waals surface area contributed by atoms with Crippen molar-refractivity contribution in [3.63, 3.8) is 0 Å². The van der Waals surface area contributed by atoms with Crippen molar-refractivity contribution in [2.75, 3.05) is 25.2 Å². The summed E-state index contributed by atoms with van der Waals surface area (Å²) < 4.78 is 16.6. The summed E-state index contributed by atoms with van der Waals surface area (Å²) in [6.45, 7) is 6.13. The van der Waals surface area contributed by atoms with Gasteiger partial charge in [0.1, 0.15) is 19.0 Å². The van der Waals surface area contributed by atoms with Crippen molar-refractivity contribution < 1.29 is 28.9 Å². The van der Waals surface area contributed by atoms with Gasteiger partial charge in [-0.25, -0.2) is 0 Å². The number of hydrogen-bond acceptors (Lipinski definition) is 6.